The Labute approximate surface area is 140 Å². The maximum Gasteiger partial charge on any atom is 0.327 e. The number of carbonyl (C=O) groups is 4. The lowest BCUT2D eigenvalue weighted by Crippen LogP contribution is -2.45. The molecule has 0 aliphatic carbocycles. The lowest BCUT2D eigenvalue weighted by Gasteiger charge is -2.16. The van der Waals surface area contributed by atoms with E-state index in [0.29, 0.717) is 4.88 Å². The zero-order valence-corrected chi connectivity index (χ0v) is 14.3. The fraction of sp³-hybridized carbons (Fsp3) is 0.385. The summed E-state index contributed by atoms with van der Waals surface area (Å²) in [4.78, 5) is 46.3. The quantitative estimate of drug-likeness (QED) is 0.764. The molecule has 0 fully saturated rings. The van der Waals surface area contributed by atoms with Crippen LogP contribution in [0.2, 0.25) is 0 Å². The number of carbonyl (C=O) groups excluding carboxylic acids is 3. The maximum atomic E-state index is 12.0. The first-order valence-corrected chi connectivity index (χ1v) is 8.96. The zero-order valence-electron chi connectivity index (χ0n) is 11.9. The number of carboxylic acids is 1. The lowest BCUT2D eigenvalue weighted by atomic mass is 10.3. The summed E-state index contributed by atoms with van der Waals surface area (Å²) >= 11 is 2.94. The van der Waals surface area contributed by atoms with Gasteiger partial charge in [0.1, 0.15) is 6.04 Å². The van der Waals surface area contributed by atoms with Gasteiger partial charge < -0.3 is 10.4 Å². The molecule has 0 radical (unpaired) electrons. The van der Waals surface area contributed by atoms with Crippen molar-refractivity contribution in [3.63, 3.8) is 0 Å². The number of hydrogen-bond acceptors (Lipinski definition) is 7. The third-order valence-electron chi connectivity index (χ3n) is 2.44. The first-order valence-electron chi connectivity index (χ1n) is 6.22. The van der Waals surface area contributed by atoms with Crippen molar-refractivity contribution in [2.45, 2.75) is 25.1 Å². The molecule has 0 aromatic carbocycles. The molecule has 0 spiro atoms. The van der Waals surface area contributed by atoms with Gasteiger partial charge in [0.2, 0.25) is 11.0 Å². The smallest absolute Gasteiger partial charge is 0.327 e. The number of thioether (sulfide) groups is 2. The van der Waals surface area contributed by atoms with E-state index in [0.717, 1.165) is 23.5 Å². The topological polar surface area (TPSA) is 101 Å². The summed E-state index contributed by atoms with van der Waals surface area (Å²) in [6, 6.07) is 2.23. The summed E-state index contributed by atoms with van der Waals surface area (Å²) in [5, 5.41) is 12.0. The van der Waals surface area contributed by atoms with Crippen molar-refractivity contribution < 1.29 is 24.3 Å². The van der Waals surface area contributed by atoms with E-state index in [1.54, 1.807) is 17.5 Å². The Bertz CT molecular complexity index is 558. The van der Waals surface area contributed by atoms with E-state index in [-0.39, 0.29) is 16.0 Å². The minimum absolute atomic E-state index is 0.0489. The van der Waals surface area contributed by atoms with Gasteiger partial charge in [0.15, 0.2) is 5.12 Å². The highest BCUT2D eigenvalue weighted by atomic mass is 32.2. The highest BCUT2D eigenvalue weighted by Crippen LogP contribution is 2.21. The van der Waals surface area contributed by atoms with Crippen LogP contribution >= 0.6 is 34.9 Å². The van der Waals surface area contributed by atoms with E-state index in [2.05, 4.69) is 5.32 Å². The van der Waals surface area contributed by atoms with E-state index >= 15 is 0 Å². The number of thiophene rings is 1. The molecule has 6 nitrogen and oxygen atoms in total. The van der Waals surface area contributed by atoms with Gasteiger partial charge in [0.05, 0.1) is 10.1 Å². The molecule has 9 heteroatoms. The van der Waals surface area contributed by atoms with Crippen molar-refractivity contribution >= 4 is 57.0 Å². The monoisotopic (exact) mass is 361 g/mol. The van der Waals surface area contributed by atoms with Crippen LogP contribution in [-0.4, -0.2) is 44.3 Å². The normalized spacial score (nSPS) is 13.2. The van der Waals surface area contributed by atoms with Crippen molar-refractivity contribution in [1.82, 2.24) is 5.32 Å². The molecule has 0 aliphatic rings. The maximum absolute atomic E-state index is 12.0. The summed E-state index contributed by atoms with van der Waals surface area (Å²) < 4.78 is 0. The second kappa shape index (κ2) is 8.96. The van der Waals surface area contributed by atoms with Gasteiger partial charge in [0.25, 0.3) is 0 Å². The molecule has 0 bridgehead atoms. The minimum atomic E-state index is -1.22. The van der Waals surface area contributed by atoms with E-state index in [9.17, 15) is 19.2 Å². The van der Waals surface area contributed by atoms with Crippen LogP contribution in [0.5, 0.6) is 0 Å². The van der Waals surface area contributed by atoms with Crippen molar-refractivity contribution in [3.05, 3.63) is 22.4 Å². The Morgan fingerprint density at radius 1 is 1.36 bits per heavy atom. The van der Waals surface area contributed by atoms with Crippen LogP contribution in [0.25, 0.3) is 0 Å². The van der Waals surface area contributed by atoms with E-state index in [1.807, 2.05) is 0 Å². The van der Waals surface area contributed by atoms with Gasteiger partial charge in [-0.15, -0.1) is 11.3 Å². The van der Waals surface area contributed by atoms with Gasteiger partial charge in [-0.2, -0.15) is 0 Å². The molecule has 1 rings (SSSR count). The van der Waals surface area contributed by atoms with Gasteiger partial charge in [-0.3, -0.25) is 14.4 Å². The molecule has 1 unspecified atom stereocenters. The zero-order chi connectivity index (χ0) is 16.7. The molecule has 1 aromatic rings. The van der Waals surface area contributed by atoms with Crippen LogP contribution in [0.15, 0.2) is 17.5 Å². The van der Waals surface area contributed by atoms with Gasteiger partial charge in [-0.05, 0) is 18.4 Å². The van der Waals surface area contributed by atoms with Crippen LogP contribution in [0, 0.1) is 0 Å². The largest absolute Gasteiger partial charge is 0.480 e. The number of rotatable bonds is 7. The molecule has 0 saturated carbocycles. The molecule has 2 N–H and O–H groups in total. The van der Waals surface area contributed by atoms with Gasteiger partial charge in [-0.25, -0.2) is 4.79 Å². The van der Waals surface area contributed by atoms with E-state index in [4.69, 9.17) is 5.11 Å². The van der Waals surface area contributed by atoms with Crippen molar-refractivity contribution in [3.8, 4) is 0 Å². The van der Waals surface area contributed by atoms with Crippen molar-refractivity contribution in [2.24, 2.45) is 0 Å². The highest BCUT2D eigenvalue weighted by molar-refractivity contribution is 8.15. The minimum Gasteiger partial charge on any atom is -0.480 e. The number of amides is 1. The lowest BCUT2D eigenvalue weighted by molar-refractivity contribution is -0.140. The average Bonchev–Trinajstić information content (AvgIpc) is 2.96. The van der Waals surface area contributed by atoms with Gasteiger partial charge >= 0.3 is 5.97 Å². The molecule has 1 aromatic heterocycles. The Morgan fingerprint density at radius 3 is 2.55 bits per heavy atom. The highest BCUT2D eigenvalue weighted by Gasteiger charge is 2.25. The average molecular weight is 361 g/mol. The summed E-state index contributed by atoms with van der Waals surface area (Å²) in [7, 11) is 0. The fourth-order valence-electron chi connectivity index (χ4n) is 1.33. The molecule has 1 heterocycles. The Morgan fingerprint density at radius 2 is 2.05 bits per heavy atom. The van der Waals surface area contributed by atoms with E-state index < -0.39 is 23.2 Å². The number of aliphatic carboxylic acids is 1. The second-order valence-corrected chi connectivity index (χ2v) is 7.69. The van der Waals surface area contributed by atoms with Gasteiger partial charge in [0, 0.05) is 12.7 Å². The van der Waals surface area contributed by atoms with Crippen LogP contribution < -0.4 is 5.32 Å². The van der Waals surface area contributed by atoms with E-state index in [1.165, 1.54) is 25.2 Å². The molecule has 1 amide bonds. The summed E-state index contributed by atoms with van der Waals surface area (Å²) in [6.07, 6.45) is 0. The number of carboxylic acid groups (broad SMARTS) is 1. The third-order valence-corrected chi connectivity index (χ3v) is 5.35. The van der Waals surface area contributed by atoms with Crippen molar-refractivity contribution in [1.29, 1.82) is 0 Å². The predicted molar refractivity (Wildman–Crippen MR) is 88.4 cm³/mol. The van der Waals surface area contributed by atoms with Crippen LogP contribution in [0.4, 0.5) is 0 Å². The Balaban J connectivity index is 2.55. The Kier molecular flexibility index (Phi) is 7.63. The SMILES string of the molecule is CC(=O)SC[C@H](NC(=O)C(C)SC(=O)c1cccs1)C(=O)O. The molecule has 0 aliphatic heterocycles. The second-order valence-electron chi connectivity index (χ2n) is 4.23. The first-order chi connectivity index (χ1) is 10.3. The summed E-state index contributed by atoms with van der Waals surface area (Å²) in [6.45, 7) is 2.85. The number of hydrogen-bond donors (Lipinski definition) is 2. The molecular formula is C13H15NO5S3. The molecule has 120 valence electrons. The summed E-state index contributed by atoms with van der Waals surface area (Å²) in [5.41, 5.74) is 0. The third kappa shape index (κ3) is 6.20. The first kappa shape index (κ1) is 18.7. The summed E-state index contributed by atoms with van der Waals surface area (Å²) in [5.74, 6) is -1.82. The van der Waals surface area contributed by atoms with Crippen LogP contribution in [0.3, 0.4) is 0 Å². The Hall–Kier alpha value is -1.32. The predicted octanol–water partition coefficient (Wildman–Crippen LogP) is 1.86. The van der Waals surface area contributed by atoms with Crippen LogP contribution in [0.1, 0.15) is 23.5 Å². The van der Waals surface area contributed by atoms with Gasteiger partial charge in [-0.1, -0.05) is 29.6 Å². The molecular weight excluding hydrogens is 346 g/mol. The van der Waals surface area contributed by atoms with Crippen LogP contribution in [-0.2, 0) is 14.4 Å². The molecule has 2 atom stereocenters. The fourth-order valence-corrected chi connectivity index (χ4v) is 3.48. The number of nitrogens with one attached hydrogen (secondary N) is 1. The molecule has 0 saturated heterocycles. The van der Waals surface area contributed by atoms with Crippen molar-refractivity contribution in [2.75, 3.05) is 5.75 Å². The standard InChI is InChI=1S/C13H15NO5S3/c1-7(22-13(19)10-4-3-5-20-10)11(16)14-9(12(17)18)6-21-8(2)15/h3-5,7,9H,6H2,1-2H3,(H,14,16)(H,17,18)/t7?,9-/m0/s1. The molecule has 22 heavy (non-hydrogen) atoms.